The summed E-state index contributed by atoms with van der Waals surface area (Å²) in [6.07, 6.45) is 3.42. The fourth-order valence-corrected chi connectivity index (χ4v) is 4.52. The van der Waals surface area contributed by atoms with Gasteiger partial charge in [-0.25, -0.2) is 0 Å². The number of carbonyl (C=O) groups is 2. The first-order chi connectivity index (χ1) is 15.3. The van der Waals surface area contributed by atoms with Crippen LogP contribution in [0.4, 0.5) is 0 Å². The van der Waals surface area contributed by atoms with Gasteiger partial charge in [0.2, 0.25) is 0 Å². The Morgan fingerprint density at radius 3 is 2.47 bits per heavy atom. The Hall–Kier alpha value is -2.18. The number of phenols is 1. The number of rotatable bonds is 12. The molecule has 0 heterocycles. The summed E-state index contributed by atoms with van der Waals surface area (Å²) >= 11 is 8.03. The monoisotopic (exact) mass is 478 g/mol. The van der Waals surface area contributed by atoms with E-state index in [0.29, 0.717) is 47.1 Å². The summed E-state index contributed by atoms with van der Waals surface area (Å²) in [7, 11) is 0. The summed E-state index contributed by atoms with van der Waals surface area (Å²) in [5, 5.41) is 11.2. The first kappa shape index (κ1) is 26.1. The van der Waals surface area contributed by atoms with Crippen LogP contribution in [0.2, 0.25) is 5.02 Å². The summed E-state index contributed by atoms with van der Waals surface area (Å²) in [5.74, 6) is 1.51. The second-order valence-corrected chi connectivity index (χ2v) is 9.02. The van der Waals surface area contributed by atoms with Crippen LogP contribution in [0.15, 0.2) is 29.2 Å². The summed E-state index contributed by atoms with van der Waals surface area (Å²) in [6.45, 7) is 7.63. The third kappa shape index (κ3) is 6.91. The van der Waals surface area contributed by atoms with E-state index in [1.807, 2.05) is 26.8 Å². The molecule has 1 N–H and O–H groups in total. The van der Waals surface area contributed by atoms with Crippen molar-refractivity contribution in [3.63, 3.8) is 0 Å². The lowest BCUT2D eigenvalue weighted by molar-refractivity contribution is -0.131. The lowest BCUT2D eigenvalue weighted by atomic mass is 9.99. The molecule has 0 fully saturated rings. The summed E-state index contributed by atoms with van der Waals surface area (Å²) in [6, 6.07) is 7.05. The van der Waals surface area contributed by atoms with Gasteiger partial charge in [0.15, 0.2) is 5.78 Å². The first-order valence-corrected chi connectivity index (χ1v) is 12.3. The first-order valence-electron chi connectivity index (χ1n) is 10.9. The molecule has 0 aliphatic rings. The van der Waals surface area contributed by atoms with Crippen molar-refractivity contribution in [1.82, 2.24) is 0 Å². The number of thioether (sulfide) groups is 1. The van der Waals surface area contributed by atoms with Gasteiger partial charge in [-0.2, -0.15) is 0 Å². The van der Waals surface area contributed by atoms with E-state index in [4.69, 9.17) is 21.1 Å². The molecule has 0 unspecified atom stereocenters. The number of carbonyl (C=O) groups excluding carboxylic acids is 2. The number of hydrogen-bond donors (Lipinski definition) is 1. The van der Waals surface area contributed by atoms with Gasteiger partial charge < -0.3 is 14.6 Å². The third-order valence-electron chi connectivity index (χ3n) is 4.88. The van der Waals surface area contributed by atoms with Crippen molar-refractivity contribution < 1.29 is 24.2 Å². The topological polar surface area (TPSA) is 72.8 Å². The minimum Gasteiger partial charge on any atom is -0.507 e. The standard InChI is InChI=1S/C25H31ClO5S/c1-5-8-19-22(11-10-18(25(19)29)20(28)9-6-2)30-14-7-15-32-23-13-12-21(31-17(4)27)16(3)24(23)26/h10-13,29H,5-9,14-15H2,1-4H3. The van der Waals surface area contributed by atoms with Crippen molar-refractivity contribution in [1.29, 1.82) is 0 Å². The predicted octanol–water partition coefficient (Wildman–Crippen LogP) is 6.78. The number of phenolic OH excluding ortho intramolecular Hbond substituents is 1. The maximum atomic E-state index is 12.3. The summed E-state index contributed by atoms with van der Waals surface area (Å²) in [5.41, 5.74) is 1.81. The molecule has 2 aromatic carbocycles. The molecule has 7 heteroatoms. The zero-order valence-electron chi connectivity index (χ0n) is 19.1. The Labute approximate surface area is 199 Å². The van der Waals surface area contributed by atoms with Crippen molar-refractivity contribution >= 4 is 35.1 Å². The Morgan fingerprint density at radius 1 is 1.09 bits per heavy atom. The van der Waals surface area contributed by atoms with Gasteiger partial charge in [0, 0.05) is 35.1 Å². The Kier molecular flexibility index (Phi) is 10.4. The highest BCUT2D eigenvalue weighted by atomic mass is 35.5. The molecule has 0 atom stereocenters. The molecule has 0 bridgehead atoms. The number of ether oxygens (including phenoxy) is 2. The average Bonchev–Trinajstić information content (AvgIpc) is 2.74. The van der Waals surface area contributed by atoms with Gasteiger partial charge in [-0.1, -0.05) is 31.9 Å². The van der Waals surface area contributed by atoms with Gasteiger partial charge in [-0.05, 0) is 50.5 Å². The van der Waals surface area contributed by atoms with Gasteiger partial charge in [0.05, 0.1) is 17.2 Å². The SMILES string of the molecule is CCCC(=O)c1ccc(OCCCSc2ccc(OC(C)=O)c(C)c2Cl)c(CCC)c1O. The lowest BCUT2D eigenvalue weighted by Gasteiger charge is -2.15. The highest BCUT2D eigenvalue weighted by Gasteiger charge is 2.18. The second-order valence-electron chi connectivity index (χ2n) is 7.51. The van der Waals surface area contributed by atoms with Crippen molar-refractivity contribution in [2.75, 3.05) is 12.4 Å². The molecule has 0 aliphatic heterocycles. The van der Waals surface area contributed by atoms with Crippen molar-refractivity contribution in [3.8, 4) is 17.2 Å². The number of halogens is 1. The summed E-state index contributed by atoms with van der Waals surface area (Å²) < 4.78 is 11.1. The lowest BCUT2D eigenvalue weighted by Crippen LogP contribution is -2.05. The van der Waals surface area contributed by atoms with E-state index in [1.165, 1.54) is 6.92 Å². The molecule has 32 heavy (non-hydrogen) atoms. The average molecular weight is 479 g/mol. The molecular weight excluding hydrogens is 448 g/mol. The van der Waals surface area contributed by atoms with Crippen molar-refractivity contribution in [2.45, 2.75) is 64.7 Å². The number of benzene rings is 2. The minimum absolute atomic E-state index is 0.0443. The van der Waals surface area contributed by atoms with Crippen LogP contribution in [0.1, 0.15) is 67.9 Å². The van der Waals surface area contributed by atoms with Gasteiger partial charge >= 0.3 is 5.97 Å². The molecule has 0 radical (unpaired) electrons. The van der Waals surface area contributed by atoms with Crippen molar-refractivity contribution in [3.05, 3.63) is 46.0 Å². The number of Topliss-reactive ketones (excluding diaryl/α,β-unsaturated/α-hetero) is 1. The van der Waals surface area contributed by atoms with Crippen LogP contribution in [-0.4, -0.2) is 29.2 Å². The molecule has 2 aromatic rings. The maximum absolute atomic E-state index is 12.3. The van der Waals surface area contributed by atoms with E-state index in [9.17, 15) is 14.7 Å². The van der Waals surface area contributed by atoms with Crippen LogP contribution in [0.25, 0.3) is 0 Å². The van der Waals surface area contributed by atoms with E-state index in [1.54, 1.807) is 30.0 Å². The van der Waals surface area contributed by atoms with Gasteiger partial charge in [0.25, 0.3) is 0 Å². The molecule has 0 spiro atoms. The van der Waals surface area contributed by atoms with Crippen LogP contribution in [0.3, 0.4) is 0 Å². The number of ketones is 1. The normalized spacial score (nSPS) is 10.8. The Morgan fingerprint density at radius 2 is 1.81 bits per heavy atom. The molecule has 5 nitrogen and oxygen atoms in total. The number of esters is 1. The van der Waals surface area contributed by atoms with Crippen LogP contribution >= 0.6 is 23.4 Å². The van der Waals surface area contributed by atoms with E-state index in [2.05, 4.69) is 0 Å². The highest BCUT2D eigenvalue weighted by molar-refractivity contribution is 7.99. The predicted molar refractivity (Wildman–Crippen MR) is 130 cm³/mol. The maximum Gasteiger partial charge on any atom is 0.308 e. The summed E-state index contributed by atoms with van der Waals surface area (Å²) in [4.78, 5) is 24.3. The Bertz CT molecular complexity index is 958. The van der Waals surface area contributed by atoms with Crippen LogP contribution in [0.5, 0.6) is 17.2 Å². The number of aromatic hydroxyl groups is 1. The van der Waals surface area contributed by atoms with E-state index >= 15 is 0 Å². The van der Waals surface area contributed by atoms with Crippen LogP contribution in [0, 0.1) is 6.92 Å². The van der Waals surface area contributed by atoms with Gasteiger partial charge in [-0.15, -0.1) is 11.8 Å². The fourth-order valence-electron chi connectivity index (χ4n) is 3.27. The largest absolute Gasteiger partial charge is 0.507 e. The third-order valence-corrected chi connectivity index (χ3v) is 6.62. The van der Waals surface area contributed by atoms with E-state index in [0.717, 1.165) is 35.5 Å². The molecule has 0 amide bonds. The quantitative estimate of drug-likeness (QED) is 0.119. The van der Waals surface area contributed by atoms with Gasteiger partial charge in [-0.3, -0.25) is 9.59 Å². The Balaban J connectivity index is 1.96. The minimum atomic E-state index is -0.377. The van der Waals surface area contributed by atoms with Gasteiger partial charge in [0.1, 0.15) is 17.2 Å². The molecule has 174 valence electrons. The highest BCUT2D eigenvalue weighted by Crippen LogP contribution is 2.36. The van der Waals surface area contributed by atoms with Crippen LogP contribution < -0.4 is 9.47 Å². The zero-order chi connectivity index (χ0) is 23.7. The zero-order valence-corrected chi connectivity index (χ0v) is 20.7. The van der Waals surface area contributed by atoms with Crippen molar-refractivity contribution in [2.24, 2.45) is 0 Å². The number of hydrogen-bond acceptors (Lipinski definition) is 6. The second kappa shape index (κ2) is 12.8. The molecule has 2 rings (SSSR count). The molecular formula is C25H31ClO5S. The van der Waals surface area contributed by atoms with Crippen LogP contribution in [-0.2, 0) is 11.2 Å². The van der Waals surface area contributed by atoms with E-state index in [-0.39, 0.29) is 17.5 Å². The van der Waals surface area contributed by atoms with E-state index < -0.39 is 0 Å². The molecule has 0 saturated carbocycles. The molecule has 0 aromatic heterocycles. The molecule has 0 aliphatic carbocycles. The molecule has 0 saturated heterocycles. The fraction of sp³-hybridized carbons (Fsp3) is 0.440. The smallest absolute Gasteiger partial charge is 0.308 e.